The molecule has 9 heteroatoms. The average molecular weight is 500 g/mol. The van der Waals surface area contributed by atoms with Crippen LogP contribution < -0.4 is 11.1 Å². The summed E-state index contributed by atoms with van der Waals surface area (Å²) in [5, 5.41) is 11.1. The molecule has 0 fully saturated rings. The third-order valence-corrected chi connectivity index (χ3v) is 6.08. The Morgan fingerprint density at radius 1 is 1.14 bits per heavy atom. The minimum Gasteiger partial charge on any atom is -0.465 e. The summed E-state index contributed by atoms with van der Waals surface area (Å²) >= 11 is 1.59. The van der Waals surface area contributed by atoms with Gasteiger partial charge in [-0.2, -0.15) is 16.4 Å². The van der Waals surface area contributed by atoms with Gasteiger partial charge < -0.3 is 15.8 Å². The van der Waals surface area contributed by atoms with Crippen molar-refractivity contribution in [1.82, 2.24) is 20.1 Å². The standard InChI is InChI=1S/C27H25N5O3S/c1-3-35-25(33)16-32-15-24(14-31-32)23-11-21(26(28)29-13-23)7-6-20-10-22(5-4-18(20)2)27(34)30-12-19-8-9-36-17-19/h4-5,8-11,13-15,17H,3,12,16H2,1-2H3,(H2,28,29)(H,30,34). The molecular weight excluding hydrogens is 474 g/mol. The van der Waals surface area contributed by atoms with Gasteiger partial charge >= 0.3 is 5.97 Å². The zero-order valence-corrected chi connectivity index (χ0v) is 20.8. The van der Waals surface area contributed by atoms with Crippen molar-refractivity contribution < 1.29 is 14.3 Å². The van der Waals surface area contributed by atoms with Crippen molar-refractivity contribution in [2.75, 3.05) is 12.3 Å². The van der Waals surface area contributed by atoms with E-state index in [0.29, 0.717) is 30.1 Å². The Hall–Kier alpha value is -4.42. The van der Waals surface area contributed by atoms with Crippen LogP contribution in [0.5, 0.6) is 0 Å². The van der Waals surface area contributed by atoms with Gasteiger partial charge in [0.1, 0.15) is 12.4 Å². The van der Waals surface area contributed by atoms with Gasteiger partial charge in [0.15, 0.2) is 0 Å². The number of nitrogens with one attached hydrogen (secondary N) is 1. The van der Waals surface area contributed by atoms with E-state index in [1.54, 1.807) is 49.0 Å². The van der Waals surface area contributed by atoms with Crippen molar-refractivity contribution in [3.8, 4) is 23.0 Å². The third kappa shape index (κ3) is 6.17. The Morgan fingerprint density at radius 2 is 1.97 bits per heavy atom. The van der Waals surface area contributed by atoms with E-state index in [4.69, 9.17) is 10.5 Å². The van der Waals surface area contributed by atoms with Crippen LogP contribution in [-0.4, -0.2) is 33.2 Å². The summed E-state index contributed by atoms with van der Waals surface area (Å²) in [5.41, 5.74) is 11.4. The number of thiophene rings is 1. The lowest BCUT2D eigenvalue weighted by molar-refractivity contribution is -0.144. The Morgan fingerprint density at radius 3 is 2.75 bits per heavy atom. The number of esters is 1. The molecule has 4 rings (SSSR count). The molecule has 0 atom stereocenters. The van der Waals surface area contributed by atoms with Crippen LogP contribution in [0.25, 0.3) is 11.1 Å². The third-order valence-electron chi connectivity index (χ3n) is 5.35. The van der Waals surface area contributed by atoms with Crippen LogP contribution in [0, 0.1) is 18.8 Å². The van der Waals surface area contributed by atoms with Gasteiger partial charge in [-0.1, -0.05) is 17.9 Å². The smallest absolute Gasteiger partial charge is 0.327 e. The Balaban J connectivity index is 1.52. The molecule has 0 spiro atoms. The Kier molecular flexibility index (Phi) is 7.78. The lowest BCUT2D eigenvalue weighted by atomic mass is 10.0. The fourth-order valence-corrected chi connectivity index (χ4v) is 4.05. The normalized spacial score (nSPS) is 10.4. The van der Waals surface area contributed by atoms with E-state index in [2.05, 4.69) is 27.2 Å². The molecule has 0 bridgehead atoms. The molecular formula is C27H25N5O3S. The minimum atomic E-state index is -0.355. The number of carbonyl (C=O) groups excluding carboxylic acids is 2. The molecule has 4 aromatic rings. The number of rotatable bonds is 7. The van der Waals surface area contributed by atoms with Crippen LogP contribution in [0.1, 0.15) is 39.5 Å². The quantitative estimate of drug-likeness (QED) is 0.296. The highest BCUT2D eigenvalue weighted by atomic mass is 32.1. The van der Waals surface area contributed by atoms with Crippen molar-refractivity contribution in [3.05, 3.63) is 87.5 Å². The summed E-state index contributed by atoms with van der Waals surface area (Å²) in [6, 6.07) is 9.24. The van der Waals surface area contributed by atoms with Crippen LogP contribution in [-0.2, 0) is 22.6 Å². The van der Waals surface area contributed by atoms with E-state index < -0.39 is 0 Å². The number of pyridine rings is 1. The zero-order valence-electron chi connectivity index (χ0n) is 19.9. The highest BCUT2D eigenvalue weighted by molar-refractivity contribution is 7.07. The summed E-state index contributed by atoms with van der Waals surface area (Å²) in [4.78, 5) is 28.6. The number of nitrogen functional groups attached to an aromatic ring is 1. The number of amides is 1. The van der Waals surface area contributed by atoms with E-state index in [-0.39, 0.29) is 18.4 Å². The van der Waals surface area contributed by atoms with Gasteiger partial charge in [0, 0.05) is 41.2 Å². The van der Waals surface area contributed by atoms with Crippen molar-refractivity contribution in [1.29, 1.82) is 0 Å². The van der Waals surface area contributed by atoms with E-state index in [1.165, 1.54) is 4.68 Å². The molecule has 3 aromatic heterocycles. The summed E-state index contributed by atoms with van der Waals surface area (Å²) < 4.78 is 6.47. The lowest BCUT2D eigenvalue weighted by Crippen LogP contribution is -2.22. The second kappa shape index (κ2) is 11.3. The SMILES string of the molecule is CCOC(=O)Cn1cc(-c2cnc(N)c(C#Cc3cc(C(=O)NCc4ccsc4)ccc3C)c2)cn1. The predicted molar refractivity (Wildman–Crippen MR) is 139 cm³/mol. The summed E-state index contributed by atoms with van der Waals surface area (Å²) in [5.74, 6) is 6.00. The number of carbonyl (C=O) groups is 2. The molecule has 3 N–H and O–H groups in total. The molecule has 0 aliphatic carbocycles. The van der Waals surface area contributed by atoms with Crippen LogP contribution >= 0.6 is 11.3 Å². The molecule has 1 amide bonds. The van der Waals surface area contributed by atoms with Crippen LogP contribution in [0.2, 0.25) is 0 Å². The van der Waals surface area contributed by atoms with E-state index >= 15 is 0 Å². The van der Waals surface area contributed by atoms with E-state index in [0.717, 1.165) is 27.8 Å². The Labute approximate surface area is 213 Å². The highest BCUT2D eigenvalue weighted by Gasteiger charge is 2.10. The number of aryl methyl sites for hydroxylation is 1. The molecule has 0 unspecified atom stereocenters. The van der Waals surface area contributed by atoms with E-state index in [9.17, 15) is 9.59 Å². The van der Waals surface area contributed by atoms with Gasteiger partial charge in [-0.15, -0.1) is 0 Å². The van der Waals surface area contributed by atoms with Gasteiger partial charge in [-0.3, -0.25) is 14.3 Å². The van der Waals surface area contributed by atoms with Gasteiger partial charge in [-0.05, 0) is 60.0 Å². The van der Waals surface area contributed by atoms with Crippen molar-refractivity contribution in [3.63, 3.8) is 0 Å². The topological polar surface area (TPSA) is 112 Å². The lowest BCUT2D eigenvalue weighted by Gasteiger charge is -2.06. The molecule has 182 valence electrons. The fraction of sp³-hybridized carbons (Fsp3) is 0.185. The molecule has 0 aliphatic heterocycles. The van der Waals surface area contributed by atoms with Gasteiger partial charge in [0.25, 0.3) is 5.91 Å². The first-order valence-corrected chi connectivity index (χ1v) is 12.2. The molecule has 0 saturated carbocycles. The van der Waals surface area contributed by atoms with Crippen LogP contribution in [0.15, 0.2) is 59.7 Å². The second-order valence-corrected chi connectivity index (χ2v) is 8.76. The number of nitrogens with zero attached hydrogens (tertiary/aromatic N) is 3. The number of aromatic nitrogens is 3. The fourth-order valence-electron chi connectivity index (χ4n) is 3.38. The number of hydrogen-bond acceptors (Lipinski definition) is 7. The monoisotopic (exact) mass is 499 g/mol. The molecule has 3 heterocycles. The highest BCUT2D eigenvalue weighted by Crippen LogP contribution is 2.21. The van der Waals surface area contributed by atoms with Gasteiger partial charge in [0.05, 0.1) is 18.4 Å². The van der Waals surface area contributed by atoms with Crippen molar-refractivity contribution in [2.24, 2.45) is 0 Å². The van der Waals surface area contributed by atoms with Crippen LogP contribution in [0.4, 0.5) is 5.82 Å². The number of ether oxygens (including phenoxy) is 1. The summed E-state index contributed by atoms with van der Waals surface area (Å²) in [6.45, 7) is 4.52. The number of benzene rings is 1. The molecule has 0 saturated heterocycles. The zero-order chi connectivity index (χ0) is 25.5. The van der Waals surface area contributed by atoms with Crippen molar-refractivity contribution >= 4 is 29.0 Å². The summed E-state index contributed by atoms with van der Waals surface area (Å²) in [7, 11) is 0. The maximum absolute atomic E-state index is 12.6. The molecule has 1 aromatic carbocycles. The second-order valence-electron chi connectivity index (χ2n) is 7.98. The van der Waals surface area contributed by atoms with Gasteiger partial charge in [-0.25, -0.2) is 4.98 Å². The maximum Gasteiger partial charge on any atom is 0.327 e. The molecule has 0 radical (unpaired) electrons. The summed E-state index contributed by atoms with van der Waals surface area (Å²) in [6.07, 6.45) is 5.02. The predicted octanol–water partition coefficient (Wildman–Crippen LogP) is 3.79. The van der Waals surface area contributed by atoms with Crippen LogP contribution in [0.3, 0.4) is 0 Å². The molecule has 36 heavy (non-hydrogen) atoms. The first-order valence-electron chi connectivity index (χ1n) is 11.3. The number of hydrogen-bond donors (Lipinski definition) is 2. The van der Waals surface area contributed by atoms with Gasteiger partial charge in [0.2, 0.25) is 0 Å². The number of anilines is 1. The first kappa shape index (κ1) is 24.7. The minimum absolute atomic E-state index is 0.0271. The largest absolute Gasteiger partial charge is 0.465 e. The van der Waals surface area contributed by atoms with Crippen molar-refractivity contribution in [2.45, 2.75) is 26.9 Å². The number of nitrogens with two attached hydrogens (primary N) is 1. The van der Waals surface area contributed by atoms with E-state index in [1.807, 2.05) is 35.9 Å². The first-order chi connectivity index (χ1) is 17.4. The molecule has 8 nitrogen and oxygen atoms in total. The average Bonchev–Trinajstić information content (AvgIpc) is 3.55. The maximum atomic E-state index is 12.6. The Bertz CT molecular complexity index is 1450. The molecule has 0 aliphatic rings.